The molecule has 162 valence electrons. The Bertz CT molecular complexity index is 1130. The number of rotatable bonds is 8. The van der Waals surface area contributed by atoms with Crippen molar-refractivity contribution in [2.75, 3.05) is 16.2 Å². The summed E-state index contributed by atoms with van der Waals surface area (Å²) in [5.74, 6) is 0.250. The number of nitrogens with zero attached hydrogens (tertiary/aromatic N) is 1. The van der Waals surface area contributed by atoms with Crippen molar-refractivity contribution < 1.29 is 17.9 Å². The molecule has 0 saturated heterocycles. The number of anilines is 2. The van der Waals surface area contributed by atoms with Crippen molar-refractivity contribution in [3.05, 3.63) is 84.4 Å². The molecule has 0 heterocycles. The molecule has 0 saturated carbocycles. The summed E-state index contributed by atoms with van der Waals surface area (Å²) in [6.45, 7) is 5.38. The molecule has 31 heavy (non-hydrogen) atoms. The zero-order chi connectivity index (χ0) is 22.4. The summed E-state index contributed by atoms with van der Waals surface area (Å²) in [6.07, 6.45) is 0.0477. The molecule has 0 unspecified atom stereocenters. The Kier molecular flexibility index (Phi) is 6.97. The third-order valence-corrected chi connectivity index (χ3v) is 6.21. The van der Waals surface area contributed by atoms with Crippen LogP contribution in [0.2, 0.25) is 0 Å². The van der Waals surface area contributed by atoms with Gasteiger partial charge in [0.2, 0.25) is 5.91 Å². The number of aryl methyl sites for hydroxylation is 1. The van der Waals surface area contributed by atoms with Crippen LogP contribution in [0, 0.1) is 6.92 Å². The normalized spacial score (nSPS) is 11.2. The number of ether oxygens (including phenoxy) is 1. The first kappa shape index (κ1) is 22.4. The maximum atomic E-state index is 13.3. The molecule has 0 atom stereocenters. The number of benzene rings is 3. The van der Waals surface area contributed by atoms with Gasteiger partial charge in [0.15, 0.2) is 0 Å². The Labute approximate surface area is 183 Å². The van der Waals surface area contributed by atoms with Crippen molar-refractivity contribution in [1.29, 1.82) is 0 Å². The van der Waals surface area contributed by atoms with Crippen molar-refractivity contribution in [2.24, 2.45) is 0 Å². The molecule has 0 radical (unpaired) electrons. The highest BCUT2D eigenvalue weighted by atomic mass is 32.2. The Morgan fingerprint density at radius 2 is 1.65 bits per heavy atom. The van der Waals surface area contributed by atoms with Crippen molar-refractivity contribution in [3.8, 4) is 5.75 Å². The second-order valence-electron chi connectivity index (χ2n) is 7.40. The van der Waals surface area contributed by atoms with Gasteiger partial charge in [0.25, 0.3) is 10.0 Å². The molecule has 0 fully saturated rings. The maximum Gasteiger partial charge on any atom is 0.264 e. The smallest absolute Gasteiger partial charge is 0.264 e. The lowest BCUT2D eigenvalue weighted by Crippen LogP contribution is -2.38. The molecule has 1 amide bonds. The quantitative estimate of drug-likeness (QED) is 0.557. The predicted octanol–water partition coefficient (Wildman–Crippen LogP) is 4.62. The number of amides is 1. The molecule has 3 rings (SSSR count). The van der Waals surface area contributed by atoms with E-state index in [-0.39, 0.29) is 17.5 Å². The molecule has 0 aliphatic rings. The molecule has 0 spiro atoms. The SMILES string of the molecule is Cc1cccc(N(CC(=O)Nc2ccc(OC(C)C)cc2)S(=O)(=O)c2ccccc2)c1. The molecule has 1 N–H and O–H groups in total. The lowest BCUT2D eigenvalue weighted by molar-refractivity contribution is -0.114. The van der Waals surface area contributed by atoms with E-state index in [4.69, 9.17) is 4.74 Å². The number of sulfonamides is 1. The molecule has 0 aliphatic carbocycles. The lowest BCUT2D eigenvalue weighted by Gasteiger charge is -2.24. The average Bonchev–Trinajstić information content (AvgIpc) is 2.73. The molecule has 0 aromatic heterocycles. The highest BCUT2D eigenvalue weighted by molar-refractivity contribution is 7.92. The standard InChI is InChI=1S/C24H26N2O4S/c1-18(2)30-22-14-12-20(13-15-22)25-24(27)17-26(21-9-7-8-19(3)16-21)31(28,29)23-10-5-4-6-11-23/h4-16,18H,17H2,1-3H3,(H,25,27). The van der Waals surface area contributed by atoms with Crippen LogP contribution in [-0.2, 0) is 14.8 Å². The van der Waals surface area contributed by atoms with Crippen LogP contribution >= 0.6 is 0 Å². The van der Waals surface area contributed by atoms with Gasteiger partial charge in [-0.05, 0) is 74.9 Å². The van der Waals surface area contributed by atoms with Crippen molar-refractivity contribution in [1.82, 2.24) is 0 Å². The van der Waals surface area contributed by atoms with Crippen LogP contribution in [0.25, 0.3) is 0 Å². The molecular formula is C24H26N2O4S. The zero-order valence-corrected chi connectivity index (χ0v) is 18.6. The van der Waals surface area contributed by atoms with Gasteiger partial charge in [-0.2, -0.15) is 0 Å². The highest BCUT2D eigenvalue weighted by Crippen LogP contribution is 2.25. The van der Waals surface area contributed by atoms with Gasteiger partial charge in [0, 0.05) is 5.69 Å². The number of hydrogen-bond donors (Lipinski definition) is 1. The summed E-state index contributed by atoms with van der Waals surface area (Å²) >= 11 is 0. The Balaban J connectivity index is 1.84. The van der Waals surface area contributed by atoms with E-state index >= 15 is 0 Å². The summed E-state index contributed by atoms with van der Waals surface area (Å²) in [6, 6.07) is 22.1. The molecule has 0 bridgehead atoms. The number of nitrogens with one attached hydrogen (secondary N) is 1. The van der Waals surface area contributed by atoms with E-state index in [1.165, 1.54) is 12.1 Å². The highest BCUT2D eigenvalue weighted by Gasteiger charge is 2.27. The van der Waals surface area contributed by atoms with Gasteiger partial charge in [0.1, 0.15) is 12.3 Å². The minimum absolute atomic E-state index is 0.0477. The molecule has 3 aromatic rings. The summed E-state index contributed by atoms with van der Waals surface area (Å²) < 4.78 is 33.3. The van der Waals surface area contributed by atoms with Crippen LogP contribution in [-0.4, -0.2) is 27.0 Å². The van der Waals surface area contributed by atoms with Gasteiger partial charge in [0.05, 0.1) is 16.7 Å². The van der Waals surface area contributed by atoms with Crippen molar-refractivity contribution >= 4 is 27.3 Å². The van der Waals surface area contributed by atoms with Gasteiger partial charge in [-0.3, -0.25) is 9.10 Å². The Hall–Kier alpha value is -3.32. The molecule has 0 aliphatic heterocycles. The minimum atomic E-state index is -3.93. The van der Waals surface area contributed by atoms with Crippen molar-refractivity contribution in [2.45, 2.75) is 31.8 Å². The van der Waals surface area contributed by atoms with Gasteiger partial charge in [-0.25, -0.2) is 8.42 Å². The maximum absolute atomic E-state index is 13.3. The summed E-state index contributed by atoms with van der Waals surface area (Å²) in [7, 11) is -3.93. The van der Waals surface area contributed by atoms with E-state index in [0.717, 1.165) is 9.87 Å². The van der Waals surface area contributed by atoms with Gasteiger partial charge in [-0.15, -0.1) is 0 Å². The van der Waals surface area contributed by atoms with E-state index in [2.05, 4.69) is 5.32 Å². The van der Waals surface area contributed by atoms with Crippen LogP contribution in [0.15, 0.2) is 83.8 Å². The van der Waals surface area contributed by atoms with Gasteiger partial charge in [-0.1, -0.05) is 30.3 Å². The molecular weight excluding hydrogens is 412 g/mol. The fourth-order valence-corrected chi connectivity index (χ4v) is 4.47. The Morgan fingerprint density at radius 1 is 0.968 bits per heavy atom. The topological polar surface area (TPSA) is 75.7 Å². The van der Waals surface area contributed by atoms with Crippen LogP contribution in [0.4, 0.5) is 11.4 Å². The zero-order valence-electron chi connectivity index (χ0n) is 17.8. The van der Waals surface area contributed by atoms with E-state index in [9.17, 15) is 13.2 Å². The number of carbonyl (C=O) groups excluding carboxylic acids is 1. The first-order valence-corrected chi connectivity index (χ1v) is 11.4. The Morgan fingerprint density at radius 3 is 2.26 bits per heavy atom. The fraction of sp³-hybridized carbons (Fsp3) is 0.208. The van der Waals surface area contributed by atoms with E-state index < -0.39 is 15.9 Å². The first-order valence-electron chi connectivity index (χ1n) is 9.97. The molecule has 3 aromatic carbocycles. The van der Waals surface area contributed by atoms with Gasteiger partial charge < -0.3 is 10.1 Å². The van der Waals surface area contributed by atoms with Crippen LogP contribution in [0.3, 0.4) is 0 Å². The second kappa shape index (κ2) is 9.66. The van der Waals surface area contributed by atoms with E-state index in [1.54, 1.807) is 60.7 Å². The summed E-state index contributed by atoms with van der Waals surface area (Å²) in [5.41, 5.74) is 1.88. The third kappa shape index (κ3) is 5.86. The minimum Gasteiger partial charge on any atom is -0.491 e. The summed E-state index contributed by atoms with van der Waals surface area (Å²) in [4.78, 5) is 12.9. The molecule has 7 heteroatoms. The summed E-state index contributed by atoms with van der Waals surface area (Å²) in [5, 5.41) is 2.76. The van der Waals surface area contributed by atoms with E-state index in [1.807, 2.05) is 26.8 Å². The number of carbonyl (C=O) groups is 1. The fourth-order valence-electron chi connectivity index (χ4n) is 3.04. The number of hydrogen-bond acceptors (Lipinski definition) is 4. The van der Waals surface area contributed by atoms with Crippen LogP contribution in [0.1, 0.15) is 19.4 Å². The monoisotopic (exact) mass is 438 g/mol. The van der Waals surface area contributed by atoms with Crippen LogP contribution in [0.5, 0.6) is 5.75 Å². The third-order valence-electron chi connectivity index (χ3n) is 4.42. The van der Waals surface area contributed by atoms with Gasteiger partial charge >= 0.3 is 0 Å². The molecule has 6 nitrogen and oxygen atoms in total. The lowest BCUT2D eigenvalue weighted by atomic mass is 10.2. The predicted molar refractivity (Wildman–Crippen MR) is 123 cm³/mol. The second-order valence-corrected chi connectivity index (χ2v) is 9.27. The van der Waals surface area contributed by atoms with E-state index in [0.29, 0.717) is 17.1 Å². The average molecular weight is 439 g/mol. The van der Waals surface area contributed by atoms with Crippen LogP contribution < -0.4 is 14.4 Å². The van der Waals surface area contributed by atoms with Crippen molar-refractivity contribution in [3.63, 3.8) is 0 Å². The first-order chi connectivity index (χ1) is 14.8. The largest absolute Gasteiger partial charge is 0.491 e.